The summed E-state index contributed by atoms with van der Waals surface area (Å²) in [5.41, 5.74) is 5.97. The molecule has 0 fully saturated rings. The van der Waals surface area contributed by atoms with Crippen LogP contribution < -0.4 is 14.9 Å². The van der Waals surface area contributed by atoms with Crippen LogP contribution in [0.1, 0.15) is 17.5 Å². The smallest absolute Gasteiger partial charge is 0.270 e. The minimum Gasteiger partial charge on any atom is -0.491 e. The zero-order valence-corrected chi connectivity index (χ0v) is 16.7. The van der Waals surface area contributed by atoms with Crippen LogP contribution in [0.2, 0.25) is 0 Å². The minimum atomic E-state index is -0.118. The maximum atomic E-state index is 9.41. The molecule has 1 N–H and O–H groups in total. The molecule has 3 rings (SSSR count). The predicted molar refractivity (Wildman–Crippen MR) is 117 cm³/mol. The van der Waals surface area contributed by atoms with Crippen molar-refractivity contribution < 1.29 is 9.47 Å². The number of allylic oxidation sites excluding steroid dienone is 2. The number of anilines is 1. The number of hydrogen-bond acceptors (Lipinski definition) is 7. The quantitative estimate of drug-likeness (QED) is 0.700. The average Bonchev–Trinajstić information content (AvgIpc) is 2.76. The standard InChI is InChI=1S/C23H23N5O2/c1-3-8-17-10-5-12-19-22(17)29-14-7-15-30-23-18(9-4-2)11-6-13-20(23)26-28-21(16-24)27-25-19/h3-6,10-13,25H,1-2,7-9,14-15H2/b27-21-,28-26?. The first-order valence-electron chi connectivity index (χ1n) is 9.63. The largest absolute Gasteiger partial charge is 0.491 e. The van der Waals surface area contributed by atoms with Gasteiger partial charge >= 0.3 is 0 Å². The Labute approximate surface area is 176 Å². The fourth-order valence-corrected chi connectivity index (χ4v) is 2.98. The van der Waals surface area contributed by atoms with Crippen LogP contribution in [0.25, 0.3) is 0 Å². The van der Waals surface area contributed by atoms with Gasteiger partial charge in [0.2, 0.25) is 0 Å². The summed E-state index contributed by atoms with van der Waals surface area (Å²) in [6.07, 6.45) is 5.56. The highest BCUT2D eigenvalue weighted by atomic mass is 16.5. The Bertz CT molecular complexity index is 1020. The molecule has 0 saturated heterocycles. The number of hydrogen-bond donors (Lipinski definition) is 1. The van der Waals surface area contributed by atoms with Crippen LogP contribution in [0.3, 0.4) is 0 Å². The van der Waals surface area contributed by atoms with Crippen LogP contribution in [0.15, 0.2) is 77.0 Å². The Morgan fingerprint density at radius 3 is 2.33 bits per heavy atom. The number of azo groups is 1. The van der Waals surface area contributed by atoms with Crippen molar-refractivity contribution in [1.29, 1.82) is 5.26 Å². The maximum absolute atomic E-state index is 9.41. The first kappa shape index (κ1) is 20.8. The topological polar surface area (TPSA) is 91.4 Å². The van der Waals surface area contributed by atoms with Crippen molar-refractivity contribution in [3.05, 3.63) is 72.8 Å². The molecule has 0 saturated carbocycles. The Morgan fingerprint density at radius 2 is 1.63 bits per heavy atom. The van der Waals surface area contributed by atoms with Crippen molar-refractivity contribution in [2.24, 2.45) is 15.3 Å². The van der Waals surface area contributed by atoms with Crippen LogP contribution in [0.4, 0.5) is 11.4 Å². The number of nitriles is 1. The lowest BCUT2D eigenvalue weighted by Gasteiger charge is -2.16. The monoisotopic (exact) mass is 401 g/mol. The molecule has 152 valence electrons. The van der Waals surface area contributed by atoms with Crippen molar-refractivity contribution >= 4 is 17.2 Å². The summed E-state index contributed by atoms with van der Waals surface area (Å²) < 4.78 is 12.1. The second kappa shape index (κ2) is 10.6. The van der Waals surface area contributed by atoms with Gasteiger partial charge in [0, 0.05) is 17.5 Å². The molecule has 0 bridgehead atoms. The third-order valence-corrected chi connectivity index (χ3v) is 4.32. The molecular formula is C23H23N5O2. The molecule has 0 spiro atoms. The normalized spacial score (nSPS) is 15.4. The molecule has 0 unspecified atom stereocenters. The zero-order valence-electron chi connectivity index (χ0n) is 16.7. The highest BCUT2D eigenvalue weighted by Gasteiger charge is 2.12. The Hall–Kier alpha value is -3.92. The first-order valence-corrected chi connectivity index (χ1v) is 9.63. The van der Waals surface area contributed by atoms with Crippen LogP contribution in [-0.4, -0.2) is 19.0 Å². The Kier molecular flexibility index (Phi) is 7.34. The third-order valence-electron chi connectivity index (χ3n) is 4.32. The van der Waals surface area contributed by atoms with E-state index in [1.165, 1.54) is 0 Å². The van der Waals surface area contributed by atoms with Crippen molar-refractivity contribution in [3.8, 4) is 17.6 Å². The molecule has 2 aromatic rings. The average molecular weight is 401 g/mol. The summed E-state index contributed by atoms with van der Waals surface area (Å²) in [5.74, 6) is 1.17. The molecule has 2 aromatic carbocycles. The second-order valence-electron chi connectivity index (χ2n) is 6.45. The Balaban J connectivity index is 1.99. The summed E-state index contributed by atoms with van der Waals surface area (Å²) in [6.45, 7) is 8.50. The molecule has 7 nitrogen and oxygen atoms in total. The number of para-hydroxylation sites is 2. The van der Waals surface area contributed by atoms with Gasteiger partial charge in [-0.15, -0.1) is 28.5 Å². The Morgan fingerprint density at radius 1 is 0.967 bits per heavy atom. The molecule has 0 aromatic heterocycles. The van der Waals surface area contributed by atoms with Gasteiger partial charge in [-0.25, -0.2) is 0 Å². The molecule has 1 heterocycles. The van der Waals surface area contributed by atoms with Gasteiger partial charge in [-0.05, 0) is 25.0 Å². The number of rotatable bonds is 4. The molecule has 1 aliphatic heterocycles. The van der Waals surface area contributed by atoms with Gasteiger partial charge in [-0.3, -0.25) is 5.43 Å². The predicted octanol–water partition coefficient (Wildman–Crippen LogP) is 5.34. The van der Waals surface area contributed by atoms with Crippen molar-refractivity contribution in [2.45, 2.75) is 19.3 Å². The maximum Gasteiger partial charge on any atom is 0.270 e. The van der Waals surface area contributed by atoms with Gasteiger partial charge < -0.3 is 9.47 Å². The summed E-state index contributed by atoms with van der Waals surface area (Å²) in [4.78, 5) is 0. The number of benzene rings is 2. The van der Waals surface area contributed by atoms with Gasteiger partial charge in [0.15, 0.2) is 0 Å². The van der Waals surface area contributed by atoms with E-state index in [2.05, 4.69) is 33.9 Å². The molecule has 30 heavy (non-hydrogen) atoms. The fraction of sp³-hybridized carbons (Fsp3) is 0.217. The van der Waals surface area contributed by atoms with Gasteiger partial charge in [0.05, 0.1) is 18.9 Å². The highest BCUT2D eigenvalue weighted by molar-refractivity contribution is 5.97. The lowest BCUT2D eigenvalue weighted by Crippen LogP contribution is -2.09. The summed E-state index contributed by atoms with van der Waals surface area (Å²) in [6, 6.07) is 13.2. The number of fused-ring (bicyclic) bond motifs is 2. The van der Waals surface area contributed by atoms with Gasteiger partial charge in [-0.1, -0.05) is 36.4 Å². The van der Waals surface area contributed by atoms with Crippen molar-refractivity contribution in [3.63, 3.8) is 0 Å². The molecule has 0 radical (unpaired) electrons. The molecule has 0 amide bonds. The van der Waals surface area contributed by atoms with E-state index in [0.29, 0.717) is 55.4 Å². The van der Waals surface area contributed by atoms with Crippen LogP contribution in [0, 0.1) is 11.3 Å². The molecule has 0 atom stereocenters. The van der Waals surface area contributed by atoms with Gasteiger partial charge in [0.25, 0.3) is 5.84 Å². The number of nitrogens with zero attached hydrogens (tertiary/aromatic N) is 4. The van der Waals surface area contributed by atoms with E-state index in [9.17, 15) is 5.26 Å². The van der Waals surface area contributed by atoms with Crippen LogP contribution in [-0.2, 0) is 12.8 Å². The molecular weight excluding hydrogens is 378 g/mol. The molecule has 0 aliphatic carbocycles. The van der Waals surface area contributed by atoms with E-state index in [4.69, 9.17) is 9.47 Å². The van der Waals surface area contributed by atoms with Gasteiger partial charge in [0.1, 0.15) is 23.3 Å². The number of nitrogens with one attached hydrogen (secondary N) is 1. The number of ether oxygens (including phenoxy) is 2. The minimum absolute atomic E-state index is 0.118. The van der Waals surface area contributed by atoms with Gasteiger partial charge in [-0.2, -0.15) is 5.26 Å². The highest BCUT2D eigenvalue weighted by Crippen LogP contribution is 2.33. The molecule has 1 aliphatic rings. The zero-order chi connectivity index (χ0) is 21.2. The van der Waals surface area contributed by atoms with E-state index in [1.54, 1.807) is 12.1 Å². The van der Waals surface area contributed by atoms with Crippen molar-refractivity contribution in [2.75, 3.05) is 18.6 Å². The summed E-state index contributed by atoms with van der Waals surface area (Å²) in [5, 5.41) is 21.7. The lowest BCUT2D eigenvalue weighted by molar-refractivity contribution is 0.246. The van der Waals surface area contributed by atoms with E-state index in [-0.39, 0.29) is 5.84 Å². The van der Waals surface area contributed by atoms with E-state index in [1.807, 2.05) is 42.5 Å². The first-order chi connectivity index (χ1) is 14.8. The SMILES string of the molecule is C=CCc1cccc2c1OCCCOc1c(CC=C)cccc1N/N=C(/C#N)N=N2. The third kappa shape index (κ3) is 5.11. The lowest BCUT2D eigenvalue weighted by atomic mass is 10.1. The number of amidine groups is 1. The fourth-order valence-electron chi connectivity index (χ4n) is 2.98. The van der Waals surface area contributed by atoms with Crippen molar-refractivity contribution in [1.82, 2.24) is 0 Å². The summed E-state index contributed by atoms with van der Waals surface area (Å²) >= 11 is 0. The van der Waals surface area contributed by atoms with E-state index >= 15 is 0 Å². The van der Waals surface area contributed by atoms with Crippen LogP contribution >= 0.6 is 0 Å². The second-order valence-corrected chi connectivity index (χ2v) is 6.45. The summed E-state index contributed by atoms with van der Waals surface area (Å²) in [7, 11) is 0. The van der Waals surface area contributed by atoms with E-state index < -0.39 is 0 Å². The number of hydrazone groups is 1. The van der Waals surface area contributed by atoms with E-state index in [0.717, 1.165) is 11.1 Å². The van der Waals surface area contributed by atoms with Crippen LogP contribution in [0.5, 0.6) is 11.5 Å². The molecule has 7 heteroatoms.